The van der Waals surface area contributed by atoms with Crippen LogP contribution < -0.4 is 5.32 Å². The molecule has 0 aromatic carbocycles. The zero-order chi connectivity index (χ0) is 14.8. The average molecular weight is 310 g/mol. The maximum atomic E-state index is 11.9. The molecule has 1 aliphatic heterocycles. The third-order valence-electron chi connectivity index (χ3n) is 5.38. The summed E-state index contributed by atoms with van der Waals surface area (Å²) in [7, 11) is 0. The fraction of sp³-hybridized carbons (Fsp3) is 0.875. The summed E-state index contributed by atoms with van der Waals surface area (Å²) in [6.45, 7) is 4.00. The number of piperidine rings is 1. The largest absolute Gasteiger partial charge is 0.466 e. The molecule has 5 heteroatoms. The molecular weight excluding hydrogens is 284 g/mol. The maximum Gasteiger partial charge on any atom is 0.310 e. The fourth-order valence-corrected chi connectivity index (χ4v) is 4.60. The van der Waals surface area contributed by atoms with E-state index in [9.17, 15) is 4.79 Å². The fourth-order valence-electron chi connectivity index (χ4n) is 4.29. The van der Waals surface area contributed by atoms with Gasteiger partial charge in [-0.25, -0.2) is 0 Å². The van der Waals surface area contributed by atoms with Crippen molar-refractivity contribution in [3.05, 3.63) is 0 Å². The van der Waals surface area contributed by atoms with Gasteiger partial charge in [-0.15, -0.1) is 0 Å². The Morgan fingerprint density at radius 2 is 2.19 bits per heavy atom. The van der Waals surface area contributed by atoms with Gasteiger partial charge in [-0.3, -0.25) is 4.79 Å². The molecule has 3 fully saturated rings. The second kappa shape index (κ2) is 6.51. The second-order valence-electron chi connectivity index (χ2n) is 6.77. The molecule has 2 bridgehead atoms. The van der Waals surface area contributed by atoms with E-state index in [4.69, 9.17) is 17.0 Å². The molecule has 1 N–H and O–H groups in total. The van der Waals surface area contributed by atoms with Crippen LogP contribution in [0.3, 0.4) is 0 Å². The van der Waals surface area contributed by atoms with Crippen LogP contribution in [0.25, 0.3) is 0 Å². The van der Waals surface area contributed by atoms with Crippen LogP contribution in [0.4, 0.5) is 0 Å². The van der Waals surface area contributed by atoms with Crippen molar-refractivity contribution in [2.75, 3.05) is 19.7 Å². The number of nitrogens with one attached hydrogen (secondary N) is 1. The summed E-state index contributed by atoms with van der Waals surface area (Å²) in [6, 6.07) is 0.569. The van der Waals surface area contributed by atoms with E-state index in [1.807, 2.05) is 6.92 Å². The molecule has 0 amide bonds. The number of fused-ring (bicyclic) bond motifs is 2. The van der Waals surface area contributed by atoms with E-state index < -0.39 is 0 Å². The molecular formula is C16H26N2O2S. The summed E-state index contributed by atoms with van der Waals surface area (Å²) in [5.41, 5.74) is 0. The highest BCUT2D eigenvalue weighted by atomic mass is 32.1. The highest BCUT2D eigenvalue weighted by Gasteiger charge is 2.40. The van der Waals surface area contributed by atoms with Crippen molar-refractivity contribution >= 4 is 23.3 Å². The van der Waals surface area contributed by atoms with Crippen LogP contribution in [-0.4, -0.2) is 41.7 Å². The van der Waals surface area contributed by atoms with Gasteiger partial charge in [0.25, 0.3) is 0 Å². The van der Waals surface area contributed by atoms with Gasteiger partial charge in [-0.05, 0) is 63.1 Å². The molecule has 21 heavy (non-hydrogen) atoms. The summed E-state index contributed by atoms with van der Waals surface area (Å²) in [6.07, 6.45) is 7.36. The lowest BCUT2D eigenvalue weighted by Crippen LogP contribution is -2.50. The third-order valence-corrected chi connectivity index (χ3v) is 5.75. The minimum absolute atomic E-state index is 0.0153. The van der Waals surface area contributed by atoms with Crippen molar-refractivity contribution < 1.29 is 9.53 Å². The van der Waals surface area contributed by atoms with Gasteiger partial charge in [-0.2, -0.15) is 0 Å². The van der Waals surface area contributed by atoms with Crippen molar-refractivity contribution in [1.82, 2.24) is 10.2 Å². The lowest BCUT2D eigenvalue weighted by Gasteiger charge is -2.35. The van der Waals surface area contributed by atoms with Gasteiger partial charge in [-0.1, -0.05) is 6.42 Å². The standard InChI is InChI=1S/C16H26N2O2S/c1-2-20-15(19)13-4-3-7-18(10-13)16(21)17-14-9-11-5-6-12(14)8-11/h11-14H,2-10H2,1H3,(H,17,21)/t11-,12-,13-,14+/m0/s1. The van der Waals surface area contributed by atoms with Gasteiger partial charge in [0.1, 0.15) is 0 Å². The first-order chi connectivity index (χ1) is 10.2. The summed E-state index contributed by atoms with van der Waals surface area (Å²) in [5.74, 6) is 1.66. The Hall–Kier alpha value is -0.840. The van der Waals surface area contributed by atoms with Crippen LogP contribution in [0, 0.1) is 17.8 Å². The SMILES string of the molecule is CCOC(=O)[C@H]1CCCN(C(=S)N[C@@H]2C[C@H]3CC[C@H]2C3)C1. The first-order valence-corrected chi connectivity index (χ1v) is 8.80. The molecule has 1 heterocycles. The first-order valence-electron chi connectivity index (χ1n) is 8.39. The molecule has 0 aromatic rings. The minimum Gasteiger partial charge on any atom is -0.466 e. The van der Waals surface area contributed by atoms with Crippen LogP contribution in [0.15, 0.2) is 0 Å². The zero-order valence-corrected chi connectivity index (χ0v) is 13.7. The predicted molar refractivity (Wildman–Crippen MR) is 85.9 cm³/mol. The first kappa shape index (κ1) is 15.1. The Balaban J connectivity index is 1.51. The van der Waals surface area contributed by atoms with E-state index in [0.717, 1.165) is 36.3 Å². The van der Waals surface area contributed by atoms with Gasteiger partial charge < -0.3 is 15.0 Å². The summed E-state index contributed by atoms with van der Waals surface area (Å²) < 4.78 is 5.15. The molecule has 0 radical (unpaired) electrons. The molecule has 1 saturated heterocycles. The van der Waals surface area contributed by atoms with E-state index in [1.165, 1.54) is 25.7 Å². The molecule has 3 aliphatic rings. The number of hydrogen-bond donors (Lipinski definition) is 1. The number of nitrogens with zero attached hydrogens (tertiary/aromatic N) is 1. The molecule has 3 rings (SSSR count). The number of carbonyl (C=O) groups excluding carboxylic acids is 1. The topological polar surface area (TPSA) is 41.6 Å². The molecule has 2 aliphatic carbocycles. The van der Waals surface area contributed by atoms with Crippen LogP contribution in [0.1, 0.15) is 45.4 Å². The van der Waals surface area contributed by atoms with Crippen LogP contribution in [-0.2, 0) is 9.53 Å². The molecule has 118 valence electrons. The molecule has 4 nitrogen and oxygen atoms in total. The normalized spacial score (nSPS) is 34.8. The number of ether oxygens (including phenoxy) is 1. The quantitative estimate of drug-likeness (QED) is 0.640. The molecule has 0 spiro atoms. The summed E-state index contributed by atoms with van der Waals surface area (Å²) in [5, 5.41) is 4.43. The van der Waals surface area contributed by atoms with E-state index in [1.54, 1.807) is 0 Å². The van der Waals surface area contributed by atoms with Crippen LogP contribution in [0.5, 0.6) is 0 Å². The van der Waals surface area contributed by atoms with E-state index in [2.05, 4.69) is 10.2 Å². The molecule has 0 unspecified atom stereocenters. The van der Waals surface area contributed by atoms with Gasteiger partial charge in [0.15, 0.2) is 5.11 Å². The number of hydrogen-bond acceptors (Lipinski definition) is 3. The molecule has 0 aromatic heterocycles. The number of esters is 1. The van der Waals surface area contributed by atoms with Gasteiger partial charge >= 0.3 is 5.97 Å². The number of rotatable bonds is 3. The highest BCUT2D eigenvalue weighted by Crippen LogP contribution is 2.44. The smallest absolute Gasteiger partial charge is 0.310 e. The maximum absolute atomic E-state index is 11.9. The number of likely N-dealkylation sites (tertiary alicyclic amines) is 1. The Kier molecular flexibility index (Phi) is 4.67. The van der Waals surface area contributed by atoms with Crippen molar-refractivity contribution in [3.63, 3.8) is 0 Å². The highest BCUT2D eigenvalue weighted by molar-refractivity contribution is 7.80. The van der Waals surface area contributed by atoms with Gasteiger partial charge in [0, 0.05) is 19.1 Å². The van der Waals surface area contributed by atoms with Gasteiger partial charge in [0.05, 0.1) is 12.5 Å². The lowest BCUT2D eigenvalue weighted by molar-refractivity contribution is -0.149. The van der Waals surface area contributed by atoms with E-state index in [0.29, 0.717) is 19.2 Å². The van der Waals surface area contributed by atoms with Crippen molar-refractivity contribution in [2.45, 2.75) is 51.5 Å². The average Bonchev–Trinajstić information content (AvgIpc) is 3.10. The van der Waals surface area contributed by atoms with E-state index >= 15 is 0 Å². The Bertz CT molecular complexity index is 415. The molecule has 4 atom stereocenters. The predicted octanol–water partition coefficient (Wildman–Crippen LogP) is 2.32. The zero-order valence-electron chi connectivity index (χ0n) is 12.8. The van der Waals surface area contributed by atoms with Crippen molar-refractivity contribution in [2.24, 2.45) is 17.8 Å². The monoisotopic (exact) mass is 310 g/mol. The number of carbonyl (C=O) groups is 1. The molecule has 2 saturated carbocycles. The van der Waals surface area contributed by atoms with Crippen molar-refractivity contribution in [3.8, 4) is 0 Å². The van der Waals surface area contributed by atoms with Crippen molar-refractivity contribution in [1.29, 1.82) is 0 Å². The Morgan fingerprint density at radius 1 is 1.33 bits per heavy atom. The summed E-state index contributed by atoms with van der Waals surface area (Å²) >= 11 is 5.59. The second-order valence-corrected chi connectivity index (χ2v) is 7.15. The van der Waals surface area contributed by atoms with Crippen LogP contribution >= 0.6 is 12.2 Å². The number of thiocarbonyl (C=S) groups is 1. The van der Waals surface area contributed by atoms with Crippen LogP contribution in [0.2, 0.25) is 0 Å². The van der Waals surface area contributed by atoms with Gasteiger partial charge in [0.2, 0.25) is 0 Å². The Labute approximate surface area is 132 Å². The lowest BCUT2D eigenvalue weighted by atomic mass is 9.95. The summed E-state index contributed by atoms with van der Waals surface area (Å²) in [4.78, 5) is 14.1. The Morgan fingerprint density at radius 3 is 2.86 bits per heavy atom. The minimum atomic E-state index is -0.0649. The van der Waals surface area contributed by atoms with E-state index in [-0.39, 0.29) is 11.9 Å². The third kappa shape index (κ3) is 3.33.